The molecule has 0 heterocycles. The summed E-state index contributed by atoms with van der Waals surface area (Å²) in [6.45, 7) is 1.28. The second-order valence-corrected chi connectivity index (χ2v) is 8.01. The fraction of sp³-hybridized carbons (Fsp3) is 0.600. The summed E-state index contributed by atoms with van der Waals surface area (Å²) in [6.07, 6.45) is 4.72. The van der Waals surface area contributed by atoms with Crippen LogP contribution >= 0.6 is 0 Å². The third-order valence-corrected chi connectivity index (χ3v) is 5.96. The van der Waals surface area contributed by atoms with Crippen molar-refractivity contribution in [1.82, 2.24) is 9.62 Å². The molecule has 2 aliphatic rings. The Morgan fingerprint density at radius 2 is 1.90 bits per heavy atom. The topological polar surface area (TPSA) is 49.4 Å². The maximum atomic E-state index is 12.7. The highest BCUT2D eigenvalue weighted by Crippen LogP contribution is 2.31. The van der Waals surface area contributed by atoms with Crippen molar-refractivity contribution in [2.24, 2.45) is 5.92 Å². The highest BCUT2D eigenvalue weighted by molar-refractivity contribution is 7.89. The van der Waals surface area contributed by atoms with Crippen molar-refractivity contribution in [3.8, 4) is 0 Å². The summed E-state index contributed by atoms with van der Waals surface area (Å²) < 4.78 is 26.9. The van der Waals surface area contributed by atoms with Gasteiger partial charge in [-0.05, 0) is 43.2 Å². The van der Waals surface area contributed by atoms with E-state index in [-0.39, 0.29) is 0 Å². The van der Waals surface area contributed by atoms with Crippen LogP contribution < -0.4 is 5.32 Å². The zero-order chi connectivity index (χ0) is 14.2. The largest absolute Gasteiger partial charge is 0.310 e. The summed E-state index contributed by atoms with van der Waals surface area (Å²) in [5.41, 5.74) is 0.877. The van der Waals surface area contributed by atoms with E-state index in [4.69, 9.17) is 0 Å². The molecule has 0 aliphatic heterocycles. The van der Waals surface area contributed by atoms with Gasteiger partial charge in [-0.2, -0.15) is 0 Å². The maximum absolute atomic E-state index is 12.7. The Morgan fingerprint density at radius 3 is 2.55 bits per heavy atom. The monoisotopic (exact) mass is 294 g/mol. The summed E-state index contributed by atoms with van der Waals surface area (Å²) in [5.74, 6) is 0.562. The second kappa shape index (κ2) is 5.47. The molecule has 0 aromatic heterocycles. The van der Waals surface area contributed by atoms with Gasteiger partial charge >= 0.3 is 0 Å². The molecular formula is C15H22N2O2S. The van der Waals surface area contributed by atoms with Crippen LogP contribution in [0.15, 0.2) is 29.2 Å². The average Bonchev–Trinajstić information content (AvgIpc) is 3.31. The first-order valence-corrected chi connectivity index (χ1v) is 8.79. The van der Waals surface area contributed by atoms with E-state index in [1.807, 2.05) is 12.1 Å². The molecule has 0 bridgehead atoms. The van der Waals surface area contributed by atoms with Gasteiger partial charge in [-0.15, -0.1) is 0 Å². The lowest BCUT2D eigenvalue weighted by Crippen LogP contribution is -2.30. The lowest BCUT2D eigenvalue weighted by atomic mass is 10.2. The minimum atomic E-state index is -3.36. The molecule has 1 aromatic rings. The number of nitrogens with zero attached hydrogens (tertiary/aromatic N) is 1. The number of benzene rings is 1. The number of hydrogen-bond donors (Lipinski definition) is 1. The first-order chi connectivity index (χ1) is 9.57. The predicted octanol–water partition coefficient (Wildman–Crippen LogP) is 1.97. The molecule has 0 spiro atoms. The lowest BCUT2D eigenvalue weighted by Gasteiger charge is -2.19. The molecule has 2 saturated carbocycles. The van der Waals surface area contributed by atoms with Gasteiger partial charge in [-0.3, -0.25) is 0 Å². The van der Waals surface area contributed by atoms with Gasteiger partial charge in [0, 0.05) is 26.2 Å². The van der Waals surface area contributed by atoms with Crippen LogP contribution in [0.4, 0.5) is 0 Å². The van der Waals surface area contributed by atoms with Gasteiger partial charge in [0.2, 0.25) is 10.0 Å². The van der Waals surface area contributed by atoms with Crippen molar-refractivity contribution in [2.45, 2.75) is 43.2 Å². The fourth-order valence-corrected chi connectivity index (χ4v) is 3.84. The van der Waals surface area contributed by atoms with Gasteiger partial charge in [-0.25, -0.2) is 12.7 Å². The Kier molecular flexibility index (Phi) is 3.84. The van der Waals surface area contributed by atoms with E-state index in [0.29, 0.717) is 29.9 Å². The van der Waals surface area contributed by atoms with Gasteiger partial charge in [0.05, 0.1) is 4.90 Å². The van der Waals surface area contributed by atoms with Crippen LogP contribution in [0, 0.1) is 5.92 Å². The van der Waals surface area contributed by atoms with Crippen LogP contribution in [0.1, 0.15) is 31.2 Å². The molecule has 20 heavy (non-hydrogen) atoms. The third-order valence-electron chi connectivity index (χ3n) is 4.03. The smallest absolute Gasteiger partial charge is 0.243 e. The summed E-state index contributed by atoms with van der Waals surface area (Å²) in [4.78, 5) is 0.455. The van der Waals surface area contributed by atoms with Crippen molar-refractivity contribution in [1.29, 1.82) is 0 Å². The molecular weight excluding hydrogens is 272 g/mol. The highest BCUT2D eigenvalue weighted by Gasteiger charge is 2.30. The zero-order valence-electron chi connectivity index (χ0n) is 11.9. The quantitative estimate of drug-likeness (QED) is 0.836. The van der Waals surface area contributed by atoms with E-state index in [9.17, 15) is 8.42 Å². The molecule has 0 unspecified atom stereocenters. The van der Waals surface area contributed by atoms with Crippen LogP contribution in [0.2, 0.25) is 0 Å². The van der Waals surface area contributed by atoms with Gasteiger partial charge in [-0.1, -0.05) is 18.2 Å². The minimum absolute atomic E-state index is 0.455. The van der Waals surface area contributed by atoms with Gasteiger partial charge in [0.1, 0.15) is 0 Å². The highest BCUT2D eigenvalue weighted by atomic mass is 32.2. The van der Waals surface area contributed by atoms with Crippen LogP contribution in [0.5, 0.6) is 0 Å². The molecule has 1 N–H and O–H groups in total. The third kappa shape index (κ3) is 3.22. The van der Waals surface area contributed by atoms with Crippen molar-refractivity contribution < 1.29 is 8.42 Å². The Labute approximate surface area is 121 Å². The molecule has 110 valence electrons. The molecule has 5 heteroatoms. The first kappa shape index (κ1) is 14.0. The fourth-order valence-electron chi connectivity index (χ4n) is 2.37. The molecule has 0 amide bonds. The molecule has 4 nitrogen and oxygen atoms in total. The van der Waals surface area contributed by atoms with Gasteiger partial charge in [0.15, 0.2) is 0 Å². The van der Waals surface area contributed by atoms with E-state index in [1.165, 1.54) is 17.1 Å². The predicted molar refractivity (Wildman–Crippen MR) is 78.8 cm³/mol. The number of rotatable bonds is 7. The molecule has 2 fully saturated rings. The maximum Gasteiger partial charge on any atom is 0.243 e. The Bertz CT molecular complexity index is 577. The molecule has 1 aromatic carbocycles. The van der Waals surface area contributed by atoms with E-state index in [0.717, 1.165) is 18.4 Å². The van der Waals surface area contributed by atoms with Crippen LogP contribution in [-0.2, 0) is 16.6 Å². The van der Waals surface area contributed by atoms with E-state index < -0.39 is 10.0 Å². The van der Waals surface area contributed by atoms with Crippen LogP contribution in [0.3, 0.4) is 0 Å². The minimum Gasteiger partial charge on any atom is -0.310 e. The summed E-state index contributed by atoms with van der Waals surface area (Å²) >= 11 is 0. The molecule has 2 aliphatic carbocycles. The van der Waals surface area contributed by atoms with E-state index >= 15 is 0 Å². The Balaban J connectivity index is 1.79. The number of nitrogens with one attached hydrogen (secondary N) is 1. The molecule has 3 rings (SSSR count). The van der Waals surface area contributed by atoms with Crippen molar-refractivity contribution >= 4 is 10.0 Å². The summed E-state index contributed by atoms with van der Waals surface area (Å²) in [5, 5.41) is 3.39. The average molecular weight is 294 g/mol. The van der Waals surface area contributed by atoms with Crippen LogP contribution in [-0.4, -0.2) is 32.4 Å². The molecule has 0 saturated heterocycles. The molecule has 0 radical (unpaired) electrons. The van der Waals surface area contributed by atoms with E-state index in [2.05, 4.69) is 5.32 Å². The second-order valence-electron chi connectivity index (χ2n) is 5.99. The van der Waals surface area contributed by atoms with Crippen molar-refractivity contribution in [3.05, 3.63) is 29.8 Å². The molecule has 0 atom stereocenters. The van der Waals surface area contributed by atoms with E-state index in [1.54, 1.807) is 19.2 Å². The number of hydrogen-bond acceptors (Lipinski definition) is 3. The van der Waals surface area contributed by atoms with Crippen molar-refractivity contribution in [2.75, 3.05) is 13.6 Å². The van der Waals surface area contributed by atoms with Gasteiger partial charge < -0.3 is 5.32 Å². The Hall–Kier alpha value is -0.910. The first-order valence-electron chi connectivity index (χ1n) is 7.35. The van der Waals surface area contributed by atoms with Crippen molar-refractivity contribution in [3.63, 3.8) is 0 Å². The zero-order valence-corrected chi connectivity index (χ0v) is 12.7. The normalized spacial score (nSPS) is 19.5. The summed E-state index contributed by atoms with van der Waals surface area (Å²) in [6, 6.07) is 7.92. The summed E-state index contributed by atoms with van der Waals surface area (Å²) in [7, 11) is -1.67. The standard InChI is InChI=1S/C15H22N2O2S/c1-17(11-12-6-7-12)20(18,19)15-5-3-2-4-13(15)10-16-14-8-9-14/h2-5,12,14,16H,6-11H2,1H3. The number of sulfonamides is 1. The lowest BCUT2D eigenvalue weighted by molar-refractivity contribution is 0.452. The van der Waals surface area contributed by atoms with Crippen LogP contribution in [0.25, 0.3) is 0 Å². The Morgan fingerprint density at radius 1 is 1.20 bits per heavy atom. The van der Waals surface area contributed by atoms with Gasteiger partial charge in [0.25, 0.3) is 0 Å². The SMILES string of the molecule is CN(CC1CC1)S(=O)(=O)c1ccccc1CNC1CC1.